The molecule has 0 spiro atoms. The Morgan fingerprint density at radius 1 is 1.03 bits per heavy atom. The Kier molecular flexibility index (Phi) is 6.36. The molecule has 35 heavy (non-hydrogen) atoms. The number of para-hydroxylation sites is 1. The first-order valence-corrected chi connectivity index (χ1v) is 11.3. The quantitative estimate of drug-likeness (QED) is 0.293. The van der Waals surface area contributed by atoms with Gasteiger partial charge in [-0.3, -0.25) is 9.97 Å². The molecule has 0 amide bonds. The van der Waals surface area contributed by atoms with Crippen LogP contribution >= 0.6 is 0 Å². The van der Waals surface area contributed by atoms with Crippen LogP contribution in [0.4, 0.5) is 10.1 Å². The van der Waals surface area contributed by atoms with Gasteiger partial charge in [0.2, 0.25) is 0 Å². The molecule has 0 atom stereocenters. The van der Waals surface area contributed by atoms with E-state index in [1.54, 1.807) is 24.4 Å². The molecule has 3 heterocycles. The van der Waals surface area contributed by atoms with E-state index in [4.69, 9.17) is 15.5 Å². The van der Waals surface area contributed by atoms with Crippen molar-refractivity contribution in [3.05, 3.63) is 90.3 Å². The van der Waals surface area contributed by atoms with Gasteiger partial charge < -0.3 is 20.8 Å². The number of hydrogen-bond acceptors (Lipinski definition) is 6. The molecule has 0 bridgehead atoms. The van der Waals surface area contributed by atoms with Gasteiger partial charge in [0.05, 0.1) is 41.0 Å². The lowest BCUT2D eigenvalue weighted by molar-refractivity contribution is 0.327. The third-order valence-corrected chi connectivity index (χ3v) is 5.53. The zero-order valence-electron chi connectivity index (χ0n) is 19.3. The SMILES string of the molecule is Cc1cccc(-c2[nH]c(CNc3ccccc3F)nc2-c2ccc3ncc(OCCN)cc3c2)n1. The van der Waals surface area contributed by atoms with Crippen LogP contribution in [0.1, 0.15) is 11.5 Å². The molecule has 0 saturated heterocycles. The first-order valence-electron chi connectivity index (χ1n) is 11.3. The molecule has 8 heteroatoms. The number of hydrogen-bond donors (Lipinski definition) is 3. The molecule has 176 valence electrons. The van der Waals surface area contributed by atoms with E-state index in [2.05, 4.69) is 20.3 Å². The number of aromatic amines is 1. The van der Waals surface area contributed by atoms with Crippen molar-refractivity contribution >= 4 is 16.6 Å². The number of aryl methyl sites for hydroxylation is 1. The van der Waals surface area contributed by atoms with Crippen molar-refractivity contribution < 1.29 is 9.13 Å². The third-order valence-electron chi connectivity index (χ3n) is 5.53. The Balaban J connectivity index is 1.54. The van der Waals surface area contributed by atoms with E-state index < -0.39 is 0 Å². The second-order valence-electron chi connectivity index (χ2n) is 8.12. The number of nitrogens with zero attached hydrogens (tertiary/aromatic N) is 3. The van der Waals surface area contributed by atoms with Gasteiger partial charge in [-0.05, 0) is 49.4 Å². The third kappa shape index (κ3) is 4.97. The largest absolute Gasteiger partial charge is 0.491 e. The average molecular weight is 469 g/mol. The van der Waals surface area contributed by atoms with Gasteiger partial charge in [-0.1, -0.05) is 24.3 Å². The van der Waals surface area contributed by atoms with Crippen LogP contribution < -0.4 is 15.8 Å². The number of anilines is 1. The van der Waals surface area contributed by atoms with Crippen LogP contribution in [0.3, 0.4) is 0 Å². The molecular formula is C27H25FN6O. The Labute approximate surface area is 202 Å². The summed E-state index contributed by atoms with van der Waals surface area (Å²) in [6.07, 6.45) is 1.70. The molecule has 2 aromatic carbocycles. The lowest BCUT2D eigenvalue weighted by Crippen LogP contribution is -2.10. The monoisotopic (exact) mass is 468 g/mol. The van der Waals surface area contributed by atoms with Crippen molar-refractivity contribution in [2.45, 2.75) is 13.5 Å². The maximum atomic E-state index is 14.1. The number of halogens is 1. The minimum absolute atomic E-state index is 0.311. The predicted octanol–water partition coefficient (Wildman–Crippen LogP) is 5.08. The molecule has 0 aliphatic heterocycles. The zero-order chi connectivity index (χ0) is 24.2. The van der Waals surface area contributed by atoms with Crippen molar-refractivity contribution in [2.75, 3.05) is 18.5 Å². The number of pyridine rings is 2. The highest BCUT2D eigenvalue weighted by Crippen LogP contribution is 2.32. The smallest absolute Gasteiger partial charge is 0.146 e. The number of H-pyrrole nitrogens is 1. The normalized spacial score (nSPS) is 11.1. The van der Waals surface area contributed by atoms with Crippen LogP contribution in [0.2, 0.25) is 0 Å². The van der Waals surface area contributed by atoms with Gasteiger partial charge >= 0.3 is 0 Å². The second kappa shape index (κ2) is 9.90. The highest BCUT2D eigenvalue weighted by Gasteiger charge is 2.16. The highest BCUT2D eigenvalue weighted by atomic mass is 19.1. The van der Waals surface area contributed by atoms with E-state index in [9.17, 15) is 4.39 Å². The van der Waals surface area contributed by atoms with E-state index in [1.807, 2.05) is 49.4 Å². The first kappa shape index (κ1) is 22.5. The summed E-state index contributed by atoms with van der Waals surface area (Å²) in [5, 5.41) is 4.04. The summed E-state index contributed by atoms with van der Waals surface area (Å²) in [6, 6.07) is 20.3. The van der Waals surface area contributed by atoms with Gasteiger partial charge in [0.15, 0.2) is 0 Å². The molecule has 0 saturated carbocycles. The molecule has 0 aliphatic rings. The van der Waals surface area contributed by atoms with Gasteiger partial charge in [0.1, 0.15) is 24.0 Å². The van der Waals surface area contributed by atoms with Crippen molar-refractivity contribution in [3.63, 3.8) is 0 Å². The van der Waals surface area contributed by atoms with Gasteiger partial charge in [0.25, 0.3) is 0 Å². The fourth-order valence-electron chi connectivity index (χ4n) is 3.88. The number of imidazole rings is 1. The molecule has 0 fully saturated rings. The molecular weight excluding hydrogens is 443 g/mol. The summed E-state index contributed by atoms with van der Waals surface area (Å²) in [4.78, 5) is 17.4. The molecule has 0 aliphatic carbocycles. The van der Waals surface area contributed by atoms with Crippen molar-refractivity contribution in [1.29, 1.82) is 0 Å². The van der Waals surface area contributed by atoms with E-state index in [-0.39, 0.29) is 5.82 Å². The Morgan fingerprint density at radius 3 is 2.74 bits per heavy atom. The van der Waals surface area contributed by atoms with Gasteiger partial charge in [-0.15, -0.1) is 0 Å². The van der Waals surface area contributed by atoms with E-state index in [0.29, 0.717) is 37.0 Å². The summed E-state index contributed by atoms with van der Waals surface area (Å²) < 4.78 is 19.7. The molecule has 5 rings (SSSR count). The van der Waals surface area contributed by atoms with Gasteiger partial charge in [0, 0.05) is 23.2 Å². The number of aromatic nitrogens is 4. The van der Waals surface area contributed by atoms with Crippen molar-refractivity contribution in [1.82, 2.24) is 19.9 Å². The zero-order valence-corrected chi connectivity index (χ0v) is 19.3. The van der Waals surface area contributed by atoms with Crippen LogP contribution in [-0.4, -0.2) is 33.1 Å². The van der Waals surface area contributed by atoms with Gasteiger partial charge in [-0.25, -0.2) is 9.37 Å². The number of nitrogens with two attached hydrogens (primary N) is 1. The topological polar surface area (TPSA) is 102 Å². The summed E-state index contributed by atoms with van der Waals surface area (Å²) in [7, 11) is 0. The maximum absolute atomic E-state index is 14.1. The van der Waals surface area contributed by atoms with E-state index >= 15 is 0 Å². The van der Waals surface area contributed by atoms with Crippen LogP contribution in [0.15, 0.2) is 72.9 Å². The fourth-order valence-corrected chi connectivity index (χ4v) is 3.88. The first-order chi connectivity index (χ1) is 17.1. The molecule has 4 N–H and O–H groups in total. The van der Waals surface area contributed by atoms with Crippen LogP contribution in [0, 0.1) is 12.7 Å². The predicted molar refractivity (Wildman–Crippen MR) is 136 cm³/mol. The summed E-state index contributed by atoms with van der Waals surface area (Å²) >= 11 is 0. The number of ether oxygens (including phenoxy) is 1. The summed E-state index contributed by atoms with van der Waals surface area (Å²) in [6.45, 7) is 3.13. The molecule has 3 aromatic heterocycles. The van der Waals surface area contributed by atoms with E-state index in [0.717, 1.165) is 39.2 Å². The molecule has 5 aromatic rings. The minimum atomic E-state index is -0.311. The standard InChI is InChI=1S/C27H25FN6O/c1-17-5-4-8-24(32-17)27-26(33-25(34-27)16-31-23-7-3-2-6-21(23)28)18-9-10-22-19(13-18)14-20(15-30-22)35-12-11-29/h2-10,13-15,31H,11-12,16,29H2,1H3,(H,33,34). The summed E-state index contributed by atoms with van der Waals surface area (Å²) in [5.41, 5.74) is 11.0. The van der Waals surface area contributed by atoms with Gasteiger partial charge in [-0.2, -0.15) is 0 Å². The maximum Gasteiger partial charge on any atom is 0.146 e. The number of fused-ring (bicyclic) bond motifs is 1. The number of nitrogens with one attached hydrogen (secondary N) is 2. The van der Waals surface area contributed by atoms with Crippen molar-refractivity contribution in [3.8, 4) is 28.4 Å². The molecule has 0 radical (unpaired) electrons. The lowest BCUT2D eigenvalue weighted by Gasteiger charge is -2.07. The molecule has 7 nitrogen and oxygen atoms in total. The Morgan fingerprint density at radius 2 is 1.91 bits per heavy atom. The second-order valence-corrected chi connectivity index (χ2v) is 8.12. The highest BCUT2D eigenvalue weighted by molar-refractivity contribution is 5.87. The lowest BCUT2D eigenvalue weighted by atomic mass is 10.1. The fraction of sp³-hybridized carbons (Fsp3) is 0.148. The van der Waals surface area contributed by atoms with Crippen molar-refractivity contribution in [2.24, 2.45) is 5.73 Å². The minimum Gasteiger partial charge on any atom is -0.491 e. The van der Waals surface area contributed by atoms with E-state index in [1.165, 1.54) is 6.07 Å². The summed E-state index contributed by atoms with van der Waals surface area (Å²) in [5.74, 6) is 1.02. The average Bonchev–Trinajstić information content (AvgIpc) is 3.31. The van der Waals surface area contributed by atoms with Crippen LogP contribution in [0.25, 0.3) is 33.5 Å². The Bertz CT molecular complexity index is 1480. The van der Waals surface area contributed by atoms with Crippen LogP contribution in [-0.2, 0) is 6.54 Å². The number of benzene rings is 2. The number of rotatable bonds is 8. The molecule has 0 unspecified atom stereocenters. The van der Waals surface area contributed by atoms with Crippen LogP contribution in [0.5, 0.6) is 5.75 Å². The Hall–Kier alpha value is -4.30.